The van der Waals surface area contributed by atoms with Gasteiger partial charge in [0.15, 0.2) is 0 Å². The van der Waals surface area contributed by atoms with Crippen LogP contribution < -0.4 is 48.6 Å². The Morgan fingerprint density at radius 2 is 0.815 bits per heavy atom. The summed E-state index contributed by atoms with van der Waals surface area (Å²) in [7, 11) is -1.97. The second-order valence-electron chi connectivity index (χ2n) is 33.1. The van der Waals surface area contributed by atoms with Gasteiger partial charge in [-0.05, 0) is 255 Å². The van der Waals surface area contributed by atoms with Crippen LogP contribution in [0.3, 0.4) is 0 Å². The first-order valence-electron chi connectivity index (χ1n) is 43.2. The van der Waals surface area contributed by atoms with Crippen LogP contribution in [-0.4, -0.2) is 124 Å². The number of aryl methyl sites for hydroxylation is 1. The van der Waals surface area contributed by atoms with Crippen molar-refractivity contribution in [2.75, 3.05) is 67.0 Å². The maximum atomic E-state index is 12.1. The van der Waals surface area contributed by atoms with Crippen molar-refractivity contribution in [2.24, 2.45) is 0 Å². The van der Waals surface area contributed by atoms with Crippen LogP contribution in [0.15, 0.2) is 225 Å². The largest absolute Gasteiger partial charge is 0.497 e. The quantitative estimate of drug-likeness (QED) is 0.0256. The molecule has 17 rings (SSSR count). The van der Waals surface area contributed by atoms with Crippen LogP contribution >= 0.6 is 0 Å². The van der Waals surface area contributed by atoms with Gasteiger partial charge in [-0.15, -0.1) is 0 Å². The van der Waals surface area contributed by atoms with Crippen LogP contribution in [0.5, 0.6) is 28.7 Å². The van der Waals surface area contributed by atoms with E-state index in [2.05, 4.69) is 63.5 Å². The molecular weight excluding hydrogens is 1770 g/mol. The average Bonchev–Trinajstić information content (AvgIpc) is 1.60. The molecule has 5 aromatic heterocycles. The van der Waals surface area contributed by atoms with Gasteiger partial charge < -0.3 is 51.3 Å². The number of fused-ring (bicyclic) bond motifs is 5. The highest BCUT2D eigenvalue weighted by molar-refractivity contribution is 7.93. The molecule has 15 aromatic rings. The number of aromatic nitrogens is 5. The van der Waals surface area contributed by atoms with Gasteiger partial charge in [-0.2, -0.15) is 26.3 Å². The van der Waals surface area contributed by atoms with Crippen molar-refractivity contribution >= 4 is 119 Å². The predicted octanol–water partition coefficient (Wildman–Crippen LogP) is 20.8. The number of methoxy groups -OCH3 is 5. The van der Waals surface area contributed by atoms with E-state index in [0.29, 0.717) is 80.3 Å². The number of rotatable bonds is 23. The molecule has 135 heavy (non-hydrogen) atoms. The number of carbonyl (C=O) groups excluding carboxylic acids is 2. The molecule has 5 heterocycles. The summed E-state index contributed by atoms with van der Waals surface area (Å²) in [6, 6.07) is 76.1. The smallest absolute Gasteiger partial charge is 0.412 e. The van der Waals surface area contributed by atoms with Crippen LogP contribution in [-0.2, 0) is 41.4 Å². The minimum atomic E-state index is -3.40. The Balaban J connectivity index is 0.000000143. The van der Waals surface area contributed by atoms with Crippen molar-refractivity contribution in [1.29, 1.82) is 26.3 Å². The summed E-state index contributed by atoms with van der Waals surface area (Å²) in [4.78, 5) is 23.7. The maximum absolute atomic E-state index is 12.1. The van der Waals surface area contributed by atoms with Crippen molar-refractivity contribution in [3.8, 4) is 104 Å². The van der Waals surface area contributed by atoms with Gasteiger partial charge in [0.25, 0.3) is 5.91 Å². The molecular formula is C102H101N15O15S3. The molecule has 2 amide bonds. The van der Waals surface area contributed by atoms with Crippen molar-refractivity contribution in [3.05, 3.63) is 258 Å². The molecule has 0 unspecified atom stereocenters. The van der Waals surface area contributed by atoms with Crippen molar-refractivity contribution in [3.63, 3.8) is 0 Å². The van der Waals surface area contributed by atoms with E-state index in [1.54, 1.807) is 135 Å². The van der Waals surface area contributed by atoms with E-state index in [4.69, 9.17) is 33.6 Å². The number of ether oxygens (including phenoxy) is 6. The molecule has 0 saturated heterocycles. The van der Waals surface area contributed by atoms with Gasteiger partial charge in [-0.3, -0.25) is 29.5 Å². The normalized spacial score (nSPS) is 12.5. The van der Waals surface area contributed by atoms with Gasteiger partial charge in [0, 0.05) is 116 Å². The number of nitriles is 5. The Morgan fingerprint density at radius 3 is 1.19 bits per heavy atom. The zero-order valence-electron chi connectivity index (χ0n) is 76.6. The number of carbonyl (C=O) groups is 2. The molecule has 2 fully saturated rings. The fourth-order valence-corrected chi connectivity index (χ4v) is 17.9. The number of hydroxylamine groups is 1. The molecule has 2 aliphatic rings. The SMILES string of the molecule is CCS(=O)(=O)Nc1ccc(-c2c(C#N)c3ccc(OC)cc3n2C2CCC2)cc1.CCn1c(-c2ccc(NS(=O)(=O)C(C)C)cc2)c(C#N)c2ccc(OC)cc21.COc1ccc(-n2cc(C#N)c3ccc(C(=O)NO)cc32)cc1.COc1ccc(-n2cc(C#N)c3ccc(NC(=O)OC(C)(C)C)cc32)cc1.COc1ccc2c(C#N)c(-c3ccc(NS(C)(=O)=O)cc3)n(C3CCC3)c2c1. The Morgan fingerprint density at radius 1 is 0.444 bits per heavy atom. The Labute approximate surface area is 783 Å². The number of benzene rings is 10. The summed E-state index contributed by atoms with van der Waals surface area (Å²) in [6.07, 6.45) is 10.7. The summed E-state index contributed by atoms with van der Waals surface area (Å²) >= 11 is 0. The molecule has 692 valence electrons. The summed E-state index contributed by atoms with van der Waals surface area (Å²) in [5.74, 6) is 3.15. The van der Waals surface area contributed by atoms with Crippen LogP contribution in [0.1, 0.15) is 137 Å². The maximum Gasteiger partial charge on any atom is 0.412 e. The molecule has 0 spiro atoms. The minimum absolute atomic E-state index is 0.0189. The highest BCUT2D eigenvalue weighted by atomic mass is 32.2. The summed E-state index contributed by atoms with van der Waals surface area (Å²) in [5.41, 5.74) is 17.7. The molecule has 33 heteroatoms. The van der Waals surface area contributed by atoms with E-state index in [9.17, 15) is 61.2 Å². The summed E-state index contributed by atoms with van der Waals surface area (Å²) in [6.45, 7) is 13.0. The number of anilines is 4. The number of nitrogens with one attached hydrogen (secondary N) is 5. The lowest BCUT2D eigenvalue weighted by atomic mass is 9.92. The standard InChI is InChI=1S/C22H23N3O3S.C21H21N3O3S.C21H23N3O3S.C21H21N3O3.C17H13N3O3/c1-3-29(26,27)24-16-9-7-15(8-10-16)22-20(14-23)19-12-11-18(28-2)13-21(19)25(22)17-5-4-6-17;1-27-17-10-11-18-19(13-22)21(24(20(18)12-17)16-4-3-5-16)14-6-8-15(9-7-14)23-28(2,25)26;1-5-24-20-12-17(27-4)10-11-18(20)19(13-22)21(24)15-6-8-16(9-7-15)23-28(25,26)14(2)3;1-21(2,3)27-20(25)23-15-5-10-18-14(12-22)13-24(19(18)11-15)16-6-8-17(26-4)9-7-16;1-23-14-5-3-13(4-6-14)20-10-12(9-18)15-7-2-11(8-16(15)20)17(21)19-22/h7-13,17,24H,3-6H2,1-2H3;6-12,16,23H,3-5H2,1-2H3;6-12,14,23H,5H2,1-4H3;5-11,13H,1-4H3,(H,23,25);2-8,10,22H,1H3,(H,19,21). The molecule has 2 aliphatic carbocycles. The van der Waals surface area contributed by atoms with Gasteiger partial charge in [0.05, 0.1) is 125 Å². The third-order valence-electron chi connectivity index (χ3n) is 23.1. The number of sulfonamides is 3. The molecule has 6 N–H and O–H groups in total. The highest BCUT2D eigenvalue weighted by Crippen LogP contribution is 2.47. The van der Waals surface area contributed by atoms with E-state index in [-0.39, 0.29) is 5.75 Å². The lowest BCUT2D eigenvalue weighted by molar-refractivity contribution is 0.0635. The first-order valence-corrected chi connectivity index (χ1v) is 48.3. The second-order valence-corrected chi connectivity index (χ2v) is 39.1. The van der Waals surface area contributed by atoms with E-state index >= 15 is 0 Å². The van der Waals surface area contributed by atoms with Gasteiger partial charge in [0.2, 0.25) is 30.1 Å². The van der Waals surface area contributed by atoms with Crippen molar-refractivity contribution < 1.29 is 68.5 Å². The van der Waals surface area contributed by atoms with Crippen LogP contribution in [0.2, 0.25) is 0 Å². The number of nitrogens with zero attached hydrogens (tertiary/aromatic N) is 10. The predicted molar refractivity (Wildman–Crippen MR) is 525 cm³/mol. The monoisotopic (exact) mass is 1870 g/mol. The van der Waals surface area contributed by atoms with Crippen LogP contribution in [0.25, 0.3) is 99.7 Å². The zero-order valence-corrected chi connectivity index (χ0v) is 79.1. The van der Waals surface area contributed by atoms with E-state index in [1.807, 2.05) is 188 Å². The van der Waals surface area contributed by atoms with Crippen LogP contribution in [0.4, 0.5) is 27.5 Å². The van der Waals surface area contributed by atoms with Crippen molar-refractivity contribution in [1.82, 2.24) is 28.3 Å². The lowest BCUT2D eigenvalue weighted by Crippen LogP contribution is -2.27. The zero-order chi connectivity index (χ0) is 97.0. The fraction of sp³-hybridized carbons (Fsp3) is 0.245. The van der Waals surface area contributed by atoms with E-state index in [0.717, 1.165) is 155 Å². The van der Waals surface area contributed by atoms with Gasteiger partial charge in [-0.1, -0.05) is 42.5 Å². The number of amides is 2. The van der Waals surface area contributed by atoms with Gasteiger partial charge in [0.1, 0.15) is 64.7 Å². The Hall–Kier alpha value is -15.7. The van der Waals surface area contributed by atoms with Crippen molar-refractivity contribution in [2.45, 2.75) is 116 Å². The lowest BCUT2D eigenvalue weighted by Gasteiger charge is -2.30. The minimum Gasteiger partial charge on any atom is -0.497 e. The first-order chi connectivity index (χ1) is 64.7. The van der Waals surface area contributed by atoms with Crippen LogP contribution in [0, 0.1) is 56.7 Å². The van der Waals surface area contributed by atoms with Gasteiger partial charge >= 0.3 is 6.09 Å². The molecule has 30 nitrogen and oxygen atoms in total. The van der Waals surface area contributed by atoms with Gasteiger partial charge in [-0.25, -0.2) is 35.5 Å². The average molecular weight is 1870 g/mol. The molecule has 0 atom stereocenters. The molecule has 2 saturated carbocycles. The van der Waals surface area contributed by atoms with E-state index in [1.165, 1.54) is 12.8 Å². The second kappa shape index (κ2) is 41.4. The third kappa shape index (κ3) is 21.6. The number of hydrogen-bond acceptors (Lipinski definition) is 20. The summed E-state index contributed by atoms with van der Waals surface area (Å²) in [5, 5.41) is 63.6. The molecule has 10 aromatic carbocycles. The summed E-state index contributed by atoms with van der Waals surface area (Å²) < 4.78 is 120. The molecule has 0 radical (unpaired) electrons. The third-order valence-corrected chi connectivity index (χ3v) is 26.8. The van der Waals surface area contributed by atoms with E-state index < -0.39 is 52.9 Å². The first kappa shape index (κ1) is 96.8. The molecule has 0 bridgehead atoms. The number of hydrogen-bond donors (Lipinski definition) is 6. The topological polar surface area (TPSA) is 416 Å². The Bertz CT molecular complexity index is 7560. The highest BCUT2D eigenvalue weighted by Gasteiger charge is 2.32. The Kier molecular flexibility index (Phi) is 29.7. The fourth-order valence-electron chi connectivity index (χ4n) is 16.0. The molecule has 0 aliphatic heterocycles.